The summed E-state index contributed by atoms with van der Waals surface area (Å²) in [7, 11) is -3.53. The van der Waals surface area contributed by atoms with Crippen molar-refractivity contribution in [3.63, 3.8) is 0 Å². The zero-order chi connectivity index (χ0) is 18.2. The molecule has 3 rings (SSSR count). The van der Waals surface area contributed by atoms with Gasteiger partial charge < -0.3 is 10.6 Å². The number of hydrogen-bond acceptors (Lipinski definition) is 4. The Labute approximate surface area is 150 Å². The fraction of sp³-hybridized carbons (Fsp3) is 0.611. The van der Waals surface area contributed by atoms with Gasteiger partial charge >= 0.3 is 0 Å². The van der Waals surface area contributed by atoms with E-state index >= 15 is 0 Å². The van der Waals surface area contributed by atoms with Crippen molar-refractivity contribution in [2.75, 3.05) is 26.2 Å². The number of piperazine rings is 1. The van der Waals surface area contributed by atoms with Gasteiger partial charge in [0.2, 0.25) is 15.9 Å². The third-order valence-corrected chi connectivity index (χ3v) is 7.45. The van der Waals surface area contributed by atoms with Crippen molar-refractivity contribution in [1.82, 2.24) is 9.21 Å². The summed E-state index contributed by atoms with van der Waals surface area (Å²) in [6, 6.07) is 5.46. The minimum absolute atomic E-state index is 0.0196. The molecule has 0 radical (unpaired) electrons. The Morgan fingerprint density at radius 3 is 2.28 bits per heavy atom. The van der Waals surface area contributed by atoms with E-state index in [0.717, 1.165) is 36.8 Å². The van der Waals surface area contributed by atoms with Crippen molar-refractivity contribution >= 4 is 15.9 Å². The third kappa shape index (κ3) is 3.45. The maximum atomic E-state index is 13.0. The smallest absolute Gasteiger partial charge is 0.243 e. The molecule has 2 fully saturated rings. The molecular weight excluding hydrogens is 338 g/mol. The average molecular weight is 365 g/mol. The molecule has 138 valence electrons. The topological polar surface area (TPSA) is 83.7 Å². The number of benzene rings is 1. The van der Waals surface area contributed by atoms with Gasteiger partial charge in [0.05, 0.1) is 10.4 Å². The Hall–Kier alpha value is -1.44. The summed E-state index contributed by atoms with van der Waals surface area (Å²) in [5, 5.41) is 0. The molecule has 1 aromatic carbocycles. The number of hydrogen-bond donors (Lipinski definition) is 1. The molecular formula is C18H27N3O3S. The van der Waals surface area contributed by atoms with E-state index in [9.17, 15) is 13.2 Å². The van der Waals surface area contributed by atoms with E-state index in [1.54, 1.807) is 11.0 Å². The highest BCUT2D eigenvalue weighted by atomic mass is 32.2. The van der Waals surface area contributed by atoms with Crippen molar-refractivity contribution in [3.8, 4) is 0 Å². The molecule has 1 aliphatic heterocycles. The monoisotopic (exact) mass is 365 g/mol. The van der Waals surface area contributed by atoms with Gasteiger partial charge in [-0.2, -0.15) is 4.31 Å². The predicted octanol–water partition coefficient (Wildman–Crippen LogP) is 1.41. The molecule has 2 aliphatic rings. The number of aryl methyl sites for hydroxylation is 2. The van der Waals surface area contributed by atoms with E-state index in [1.165, 1.54) is 4.31 Å². The second kappa shape index (κ2) is 6.70. The Kier molecular flexibility index (Phi) is 4.92. The normalized spacial score (nSPS) is 21.5. The van der Waals surface area contributed by atoms with Crippen LogP contribution in [0.5, 0.6) is 0 Å². The highest BCUT2D eigenvalue weighted by molar-refractivity contribution is 7.89. The molecule has 25 heavy (non-hydrogen) atoms. The van der Waals surface area contributed by atoms with Crippen LogP contribution < -0.4 is 5.73 Å². The van der Waals surface area contributed by atoms with E-state index in [-0.39, 0.29) is 5.91 Å². The van der Waals surface area contributed by atoms with Gasteiger partial charge in [-0.05, 0) is 43.9 Å². The lowest BCUT2D eigenvalue weighted by Crippen LogP contribution is -2.59. The van der Waals surface area contributed by atoms with Crippen molar-refractivity contribution in [3.05, 3.63) is 29.3 Å². The quantitative estimate of drug-likeness (QED) is 0.878. The molecule has 0 spiro atoms. The van der Waals surface area contributed by atoms with Crippen LogP contribution in [0.1, 0.15) is 36.8 Å². The van der Waals surface area contributed by atoms with Gasteiger partial charge in [-0.25, -0.2) is 8.42 Å². The zero-order valence-corrected chi connectivity index (χ0v) is 15.8. The van der Waals surface area contributed by atoms with E-state index in [0.29, 0.717) is 31.1 Å². The molecule has 1 amide bonds. The van der Waals surface area contributed by atoms with Crippen LogP contribution in [0.3, 0.4) is 0 Å². The Morgan fingerprint density at radius 1 is 1.08 bits per heavy atom. The second-order valence-electron chi connectivity index (χ2n) is 7.33. The number of nitrogens with two attached hydrogens (primary N) is 1. The van der Waals surface area contributed by atoms with Crippen LogP contribution in [0.25, 0.3) is 0 Å². The first-order chi connectivity index (χ1) is 11.7. The molecule has 1 saturated heterocycles. The van der Waals surface area contributed by atoms with E-state index in [4.69, 9.17) is 5.73 Å². The Balaban J connectivity index is 1.71. The van der Waals surface area contributed by atoms with Crippen LogP contribution in [-0.2, 0) is 14.8 Å². The summed E-state index contributed by atoms with van der Waals surface area (Å²) in [6.07, 6.45) is 3.44. The van der Waals surface area contributed by atoms with Crippen LogP contribution in [0.15, 0.2) is 23.1 Å². The fourth-order valence-electron chi connectivity index (χ4n) is 3.79. The van der Waals surface area contributed by atoms with Crippen molar-refractivity contribution < 1.29 is 13.2 Å². The molecule has 2 N–H and O–H groups in total. The predicted molar refractivity (Wildman–Crippen MR) is 96.6 cm³/mol. The molecule has 0 aromatic heterocycles. The summed E-state index contributed by atoms with van der Waals surface area (Å²) in [6.45, 7) is 5.14. The first-order valence-corrected chi connectivity index (χ1v) is 10.3. The van der Waals surface area contributed by atoms with Crippen LogP contribution >= 0.6 is 0 Å². The molecule has 6 nitrogen and oxygen atoms in total. The minimum atomic E-state index is -3.53. The third-order valence-electron chi connectivity index (χ3n) is 5.41. The largest absolute Gasteiger partial charge is 0.338 e. The first kappa shape index (κ1) is 18.4. The van der Waals surface area contributed by atoms with Crippen LogP contribution in [0.2, 0.25) is 0 Å². The van der Waals surface area contributed by atoms with Crippen LogP contribution in [-0.4, -0.2) is 55.2 Å². The van der Waals surface area contributed by atoms with Crippen molar-refractivity contribution in [1.29, 1.82) is 0 Å². The van der Waals surface area contributed by atoms with Crippen LogP contribution in [0.4, 0.5) is 0 Å². The number of amides is 1. The lowest BCUT2D eigenvalue weighted by Gasteiger charge is -2.38. The minimum Gasteiger partial charge on any atom is -0.338 e. The van der Waals surface area contributed by atoms with Gasteiger partial charge in [0, 0.05) is 26.2 Å². The maximum Gasteiger partial charge on any atom is 0.243 e. The zero-order valence-electron chi connectivity index (χ0n) is 15.0. The van der Waals surface area contributed by atoms with Crippen molar-refractivity contribution in [2.45, 2.75) is 50.0 Å². The fourth-order valence-corrected chi connectivity index (χ4v) is 5.52. The van der Waals surface area contributed by atoms with Gasteiger partial charge in [-0.1, -0.05) is 25.0 Å². The van der Waals surface area contributed by atoms with E-state index < -0.39 is 15.6 Å². The molecule has 0 atom stereocenters. The highest BCUT2D eigenvalue weighted by Crippen LogP contribution is 2.30. The number of rotatable bonds is 3. The highest BCUT2D eigenvalue weighted by Gasteiger charge is 2.41. The maximum absolute atomic E-state index is 13.0. The average Bonchev–Trinajstić information content (AvgIpc) is 3.04. The lowest BCUT2D eigenvalue weighted by atomic mass is 9.97. The molecule has 7 heteroatoms. The molecule has 1 aliphatic carbocycles. The van der Waals surface area contributed by atoms with Gasteiger partial charge in [0.15, 0.2) is 0 Å². The number of sulfonamides is 1. The summed E-state index contributed by atoms with van der Waals surface area (Å²) in [4.78, 5) is 14.8. The van der Waals surface area contributed by atoms with Gasteiger partial charge in [-0.3, -0.25) is 4.79 Å². The standard InChI is InChI=1S/C18H27N3O3S/c1-14-5-6-15(2)16(13-14)25(23,24)21-11-9-20(10-12-21)17(22)18(19)7-3-4-8-18/h5-6,13H,3-4,7-12,19H2,1-2H3. The summed E-state index contributed by atoms with van der Waals surface area (Å²) in [5.74, 6) is -0.0196. The summed E-state index contributed by atoms with van der Waals surface area (Å²) in [5.41, 5.74) is 7.18. The summed E-state index contributed by atoms with van der Waals surface area (Å²) < 4.78 is 27.4. The SMILES string of the molecule is Cc1ccc(C)c(S(=O)(=O)N2CCN(C(=O)C3(N)CCCC3)CC2)c1. The molecule has 1 aromatic rings. The molecule has 1 heterocycles. The molecule has 1 saturated carbocycles. The summed E-state index contributed by atoms with van der Waals surface area (Å²) >= 11 is 0. The first-order valence-electron chi connectivity index (χ1n) is 8.90. The molecule has 0 bridgehead atoms. The van der Waals surface area contributed by atoms with E-state index in [2.05, 4.69) is 0 Å². The Morgan fingerprint density at radius 2 is 1.68 bits per heavy atom. The molecule has 0 unspecified atom stereocenters. The van der Waals surface area contributed by atoms with Gasteiger partial charge in [0.1, 0.15) is 0 Å². The Bertz CT molecular complexity index is 762. The second-order valence-corrected chi connectivity index (χ2v) is 9.23. The number of carbonyl (C=O) groups is 1. The van der Waals surface area contributed by atoms with Gasteiger partial charge in [0.25, 0.3) is 0 Å². The number of nitrogens with zero attached hydrogens (tertiary/aromatic N) is 2. The van der Waals surface area contributed by atoms with E-state index in [1.807, 2.05) is 26.0 Å². The number of carbonyl (C=O) groups excluding carboxylic acids is 1. The van der Waals surface area contributed by atoms with Crippen LogP contribution in [0, 0.1) is 13.8 Å². The lowest BCUT2D eigenvalue weighted by molar-refractivity contribution is -0.138. The van der Waals surface area contributed by atoms with Gasteiger partial charge in [-0.15, -0.1) is 0 Å². The van der Waals surface area contributed by atoms with Crippen molar-refractivity contribution in [2.24, 2.45) is 5.73 Å².